The van der Waals surface area contributed by atoms with Crippen LogP contribution in [0.3, 0.4) is 0 Å². The van der Waals surface area contributed by atoms with E-state index in [0.29, 0.717) is 0 Å². The van der Waals surface area contributed by atoms with E-state index in [9.17, 15) is 4.79 Å². The first-order chi connectivity index (χ1) is 8.88. The van der Waals surface area contributed by atoms with E-state index in [1.807, 2.05) is 51.1 Å². The fourth-order valence-electron chi connectivity index (χ4n) is 1.77. The maximum atomic E-state index is 12.0. The number of hydrogen-bond donors (Lipinski definition) is 2. The molecule has 1 aromatic carbocycles. The van der Waals surface area contributed by atoms with E-state index in [4.69, 9.17) is 5.73 Å². The first kappa shape index (κ1) is 19.6. The Hall–Kier alpha value is -1.36. The lowest BCUT2D eigenvalue weighted by Gasteiger charge is -2.25. The number of pyridine rings is 1. The second kappa shape index (κ2) is 7.59. The molecule has 21 heavy (non-hydrogen) atoms. The third kappa shape index (κ3) is 4.84. The average molecular weight is 330 g/mol. The summed E-state index contributed by atoms with van der Waals surface area (Å²) in [5.41, 5.74) is 7.31. The Kier molecular flexibility index (Phi) is 7.10. The normalized spacial score (nSPS) is 12.0. The lowest BCUT2D eigenvalue weighted by molar-refractivity contribution is -0.119. The molecule has 0 aliphatic heterocycles. The number of benzene rings is 1. The highest BCUT2D eigenvalue weighted by Gasteiger charge is 2.27. The molecule has 0 aliphatic rings. The van der Waals surface area contributed by atoms with Crippen LogP contribution in [0.25, 0.3) is 10.9 Å². The van der Waals surface area contributed by atoms with Crippen molar-refractivity contribution in [2.75, 3.05) is 5.32 Å². The molecule has 3 N–H and O–H groups in total. The number of halogens is 2. The first-order valence-electron chi connectivity index (χ1n) is 6.29. The molecule has 0 unspecified atom stereocenters. The van der Waals surface area contributed by atoms with Crippen LogP contribution in [-0.4, -0.2) is 16.9 Å². The number of aromatic nitrogens is 1. The molecular formula is C15H21Cl2N3O. The van der Waals surface area contributed by atoms with Crippen LogP contribution in [0.2, 0.25) is 0 Å². The highest BCUT2D eigenvalue weighted by Crippen LogP contribution is 2.21. The van der Waals surface area contributed by atoms with Gasteiger partial charge in [-0.05, 0) is 29.7 Å². The SMILES string of the molecule is CC(C)(C)[C@H](N)C(=O)Nc1ccc2ncccc2c1.Cl.Cl. The largest absolute Gasteiger partial charge is 0.325 e. The summed E-state index contributed by atoms with van der Waals surface area (Å²) in [6.45, 7) is 5.84. The van der Waals surface area contributed by atoms with Crippen molar-refractivity contribution >= 4 is 47.3 Å². The summed E-state index contributed by atoms with van der Waals surface area (Å²) in [4.78, 5) is 16.3. The van der Waals surface area contributed by atoms with Crippen LogP contribution in [-0.2, 0) is 4.79 Å². The van der Waals surface area contributed by atoms with Crippen molar-refractivity contribution in [3.8, 4) is 0 Å². The number of fused-ring (bicyclic) bond motifs is 1. The molecule has 1 atom stereocenters. The number of rotatable bonds is 2. The molecule has 0 radical (unpaired) electrons. The highest BCUT2D eigenvalue weighted by atomic mass is 35.5. The number of hydrogen-bond acceptors (Lipinski definition) is 3. The third-order valence-corrected chi connectivity index (χ3v) is 3.09. The van der Waals surface area contributed by atoms with E-state index in [1.54, 1.807) is 6.20 Å². The number of nitrogens with two attached hydrogens (primary N) is 1. The number of nitrogens with one attached hydrogen (secondary N) is 1. The maximum Gasteiger partial charge on any atom is 0.241 e. The van der Waals surface area contributed by atoms with Crippen LogP contribution in [0.4, 0.5) is 5.69 Å². The van der Waals surface area contributed by atoms with Gasteiger partial charge in [-0.1, -0.05) is 26.8 Å². The molecule has 0 fully saturated rings. The van der Waals surface area contributed by atoms with E-state index >= 15 is 0 Å². The monoisotopic (exact) mass is 329 g/mol. The Morgan fingerprint density at radius 3 is 2.52 bits per heavy atom. The minimum absolute atomic E-state index is 0. The van der Waals surface area contributed by atoms with Crippen molar-refractivity contribution in [2.24, 2.45) is 11.1 Å². The smallest absolute Gasteiger partial charge is 0.241 e. The maximum absolute atomic E-state index is 12.0. The summed E-state index contributed by atoms with van der Waals surface area (Å²) < 4.78 is 0. The summed E-state index contributed by atoms with van der Waals surface area (Å²) in [7, 11) is 0. The Labute approximate surface area is 137 Å². The summed E-state index contributed by atoms with van der Waals surface area (Å²) in [5.74, 6) is -0.171. The van der Waals surface area contributed by atoms with Gasteiger partial charge in [0, 0.05) is 17.3 Å². The van der Waals surface area contributed by atoms with Crippen LogP contribution < -0.4 is 11.1 Å². The van der Waals surface area contributed by atoms with Gasteiger partial charge in [0.05, 0.1) is 11.6 Å². The Morgan fingerprint density at radius 2 is 1.90 bits per heavy atom. The van der Waals surface area contributed by atoms with Crippen molar-refractivity contribution in [1.82, 2.24) is 4.98 Å². The van der Waals surface area contributed by atoms with Gasteiger partial charge in [-0.25, -0.2) is 0 Å². The molecule has 1 aromatic heterocycles. The number of amides is 1. The Morgan fingerprint density at radius 1 is 1.24 bits per heavy atom. The lowest BCUT2D eigenvalue weighted by Crippen LogP contribution is -2.45. The van der Waals surface area contributed by atoms with Crippen LogP contribution in [0.5, 0.6) is 0 Å². The topological polar surface area (TPSA) is 68.0 Å². The van der Waals surface area contributed by atoms with Gasteiger partial charge in [0.2, 0.25) is 5.91 Å². The van der Waals surface area contributed by atoms with Gasteiger partial charge in [0.1, 0.15) is 0 Å². The fourth-order valence-corrected chi connectivity index (χ4v) is 1.77. The van der Waals surface area contributed by atoms with Gasteiger partial charge in [0.15, 0.2) is 0 Å². The second-order valence-electron chi connectivity index (χ2n) is 5.74. The molecule has 6 heteroatoms. The van der Waals surface area contributed by atoms with E-state index in [0.717, 1.165) is 16.6 Å². The molecule has 0 saturated carbocycles. The van der Waals surface area contributed by atoms with Gasteiger partial charge in [-0.3, -0.25) is 9.78 Å². The van der Waals surface area contributed by atoms with Crippen LogP contribution >= 0.6 is 24.8 Å². The molecule has 0 aliphatic carbocycles. The van der Waals surface area contributed by atoms with Crippen molar-refractivity contribution in [2.45, 2.75) is 26.8 Å². The third-order valence-electron chi connectivity index (χ3n) is 3.09. The van der Waals surface area contributed by atoms with Gasteiger partial charge in [0.25, 0.3) is 0 Å². The second-order valence-corrected chi connectivity index (χ2v) is 5.74. The molecule has 1 amide bonds. The minimum atomic E-state index is -0.544. The van der Waals surface area contributed by atoms with Crippen LogP contribution in [0.15, 0.2) is 36.5 Å². The molecular weight excluding hydrogens is 309 g/mol. The van der Waals surface area contributed by atoms with Crippen molar-refractivity contribution in [3.05, 3.63) is 36.5 Å². The number of nitrogens with zero attached hydrogens (tertiary/aromatic N) is 1. The molecule has 2 aromatic rings. The standard InChI is InChI=1S/C15H19N3O.2ClH/c1-15(2,3)13(16)14(19)18-11-6-7-12-10(9-11)5-4-8-17-12;;/h4-9,13H,16H2,1-3H3,(H,18,19);2*1H/t13-;;/m1../s1. The Bertz CT molecular complexity index is 611. The highest BCUT2D eigenvalue weighted by molar-refractivity contribution is 5.97. The summed E-state index contributed by atoms with van der Waals surface area (Å²) in [6, 6.07) is 8.90. The molecule has 0 saturated heterocycles. The first-order valence-corrected chi connectivity index (χ1v) is 6.29. The zero-order valence-corrected chi connectivity index (χ0v) is 13.9. The summed E-state index contributed by atoms with van der Waals surface area (Å²) >= 11 is 0. The number of carbonyl (C=O) groups is 1. The molecule has 0 bridgehead atoms. The summed E-state index contributed by atoms with van der Waals surface area (Å²) in [5, 5.41) is 3.84. The van der Waals surface area contributed by atoms with Gasteiger partial charge in [-0.2, -0.15) is 0 Å². The number of anilines is 1. The molecule has 4 nitrogen and oxygen atoms in total. The van der Waals surface area contributed by atoms with Crippen molar-refractivity contribution in [1.29, 1.82) is 0 Å². The van der Waals surface area contributed by atoms with E-state index in [2.05, 4.69) is 10.3 Å². The predicted octanol–water partition coefficient (Wildman–Crippen LogP) is 3.39. The van der Waals surface area contributed by atoms with E-state index in [-0.39, 0.29) is 36.1 Å². The molecule has 0 spiro atoms. The molecule has 116 valence electrons. The van der Waals surface area contributed by atoms with Crippen molar-refractivity contribution < 1.29 is 4.79 Å². The average Bonchev–Trinajstić information content (AvgIpc) is 2.36. The van der Waals surface area contributed by atoms with Gasteiger partial charge >= 0.3 is 0 Å². The quantitative estimate of drug-likeness (QED) is 0.887. The number of carbonyl (C=O) groups excluding carboxylic acids is 1. The lowest BCUT2D eigenvalue weighted by atomic mass is 9.87. The van der Waals surface area contributed by atoms with Crippen LogP contribution in [0.1, 0.15) is 20.8 Å². The van der Waals surface area contributed by atoms with Gasteiger partial charge < -0.3 is 11.1 Å². The zero-order valence-electron chi connectivity index (χ0n) is 12.3. The molecule has 2 rings (SSSR count). The summed E-state index contributed by atoms with van der Waals surface area (Å²) in [6.07, 6.45) is 1.75. The van der Waals surface area contributed by atoms with Gasteiger partial charge in [-0.15, -0.1) is 24.8 Å². The Balaban J connectivity index is 0.00000200. The van der Waals surface area contributed by atoms with E-state index < -0.39 is 6.04 Å². The van der Waals surface area contributed by atoms with Crippen molar-refractivity contribution in [3.63, 3.8) is 0 Å². The fraction of sp³-hybridized carbons (Fsp3) is 0.333. The van der Waals surface area contributed by atoms with Crippen LogP contribution in [0, 0.1) is 5.41 Å². The minimum Gasteiger partial charge on any atom is -0.325 e. The predicted molar refractivity (Wildman–Crippen MR) is 92.3 cm³/mol. The van der Waals surface area contributed by atoms with E-state index in [1.165, 1.54) is 0 Å². The molecule has 1 heterocycles. The zero-order chi connectivity index (χ0) is 14.0.